The second kappa shape index (κ2) is 8.03. The number of aryl methyl sites for hydroxylation is 1. The van der Waals surface area contributed by atoms with Gasteiger partial charge in [0.25, 0.3) is 0 Å². The van der Waals surface area contributed by atoms with Gasteiger partial charge < -0.3 is 19.7 Å². The van der Waals surface area contributed by atoms with Crippen LogP contribution in [0.4, 0.5) is 10.6 Å². The largest absolute Gasteiger partial charge is 0.356 e. The third-order valence-electron chi connectivity index (χ3n) is 5.79. The number of amides is 2. The van der Waals surface area contributed by atoms with Gasteiger partial charge in [-0.3, -0.25) is 0 Å². The summed E-state index contributed by atoms with van der Waals surface area (Å²) in [5, 5.41) is 3.14. The van der Waals surface area contributed by atoms with E-state index in [1.807, 2.05) is 36.5 Å². The minimum absolute atomic E-state index is 0.0205. The lowest BCUT2D eigenvalue weighted by Gasteiger charge is -2.30. The minimum atomic E-state index is 0.0205. The molecule has 4 heterocycles. The maximum Gasteiger partial charge on any atom is 0.318 e. The van der Waals surface area contributed by atoms with E-state index in [4.69, 9.17) is 0 Å². The van der Waals surface area contributed by atoms with Crippen molar-refractivity contribution < 1.29 is 4.79 Å². The lowest BCUT2D eigenvalue weighted by Crippen LogP contribution is -2.40. The van der Waals surface area contributed by atoms with Crippen molar-refractivity contribution in [3.8, 4) is 0 Å². The summed E-state index contributed by atoms with van der Waals surface area (Å²) in [6, 6.07) is 8.39. The number of hydrogen-bond donors (Lipinski definition) is 1. The van der Waals surface area contributed by atoms with Gasteiger partial charge in [-0.25, -0.2) is 9.78 Å². The van der Waals surface area contributed by atoms with Crippen LogP contribution in [0.3, 0.4) is 0 Å². The number of anilines is 1. The summed E-state index contributed by atoms with van der Waals surface area (Å²) in [6.45, 7) is 3.45. The molecule has 0 aliphatic carbocycles. The molecule has 1 unspecified atom stereocenters. The molecule has 1 atom stereocenters. The molecular weight excluding hydrogens is 338 g/mol. The molecule has 2 aromatic heterocycles. The smallest absolute Gasteiger partial charge is 0.318 e. The third kappa shape index (κ3) is 3.80. The zero-order chi connectivity index (χ0) is 18.6. The lowest BCUT2D eigenvalue weighted by atomic mass is 10.1. The number of hydrogen-bond acceptors (Lipinski definition) is 3. The standard InChI is InChI=1S/C21H29N5O/c1-24-12-6-9-18(24)19-10-7-15-26(19)21(27)23-16-17-8-5-11-22-20(17)25-13-3-2-4-14-25/h5-6,8-9,11-12,19H,2-4,7,10,13-16H2,1H3,(H,23,27). The zero-order valence-corrected chi connectivity index (χ0v) is 16.1. The zero-order valence-electron chi connectivity index (χ0n) is 16.1. The highest BCUT2D eigenvalue weighted by Gasteiger charge is 2.31. The van der Waals surface area contributed by atoms with Crippen LogP contribution in [0.25, 0.3) is 0 Å². The lowest BCUT2D eigenvalue weighted by molar-refractivity contribution is 0.191. The fourth-order valence-electron chi connectivity index (χ4n) is 4.37. The SMILES string of the molecule is Cn1cccc1C1CCCN1C(=O)NCc1cccnc1N1CCCCC1. The van der Waals surface area contributed by atoms with Gasteiger partial charge in [0, 0.05) is 56.9 Å². The highest BCUT2D eigenvalue weighted by molar-refractivity contribution is 5.75. The van der Waals surface area contributed by atoms with Crippen LogP contribution in [0, 0.1) is 0 Å². The first kappa shape index (κ1) is 17.9. The molecule has 2 aliphatic heterocycles. The highest BCUT2D eigenvalue weighted by atomic mass is 16.2. The third-order valence-corrected chi connectivity index (χ3v) is 5.79. The van der Waals surface area contributed by atoms with Crippen molar-refractivity contribution in [3.63, 3.8) is 0 Å². The van der Waals surface area contributed by atoms with E-state index < -0.39 is 0 Å². The normalized spacial score (nSPS) is 20.1. The second-order valence-corrected chi connectivity index (χ2v) is 7.59. The van der Waals surface area contributed by atoms with Gasteiger partial charge in [-0.1, -0.05) is 6.07 Å². The van der Waals surface area contributed by atoms with E-state index in [-0.39, 0.29) is 12.1 Å². The summed E-state index contributed by atoms with van der Waals surface area (Å²) >= 11 is 0. The first-order chi connectivity index (χ1) is 13.2. The molecule has 0 spiro atoms. The first-order valence-corrected chi connectivity index (χ1v) is 10.1. The topological polar surface area (TPSA) is 53.4 Å². The number of nitrogens with one attached hydrogen (secondary N) is 1. The molecule has 2 saturated heterocycles. The summed E-state index contributed by atoms with van der Waals surface area (Å²) in [5.41, 5.74) is 2.31. The number of piperidine rings is 1. The molecule has 1 N–H and O–H groups in total. The Labute approximate surface area is 161 Å². The van der Waals surface area contributed by atoms with Gasteiger partial charge in [0.15, 0.2) is 0 Å². The summed E-state index contributed by atoms with van der Waals surface area (Å²) in [6.07, 6.45) is 9.70. The average Bonchev–Trinajstić information content (AvgIpc) is 3.35. The van der Waals surface area contributed by atoms with Crippen LogP contribution in [0.5, 0.6) is 0 Å². The fourth-order valence-corrected chi connectivity index (χ4v) is 4.37. The van der Waals surface area contributed by atoms with Gasteiger partial charge in [-0.2, -0.15) is 0 Å². The summed E-state index contributed by atoms with van der Waals surface area (Å²) in [7, 11) is 2.05. The molecule has 0 bridgehead atoms. The Balaban J connectivity index is 1.43. The predicted octanol–water partition coefficient (Wildman–Crippen LogP) is 3.46. The number of carbonyl (C=O) groups excluding carboxylic acids is 1. The number of nitrogens with zero attached hydrogens (tertiary/aromatic N) is 4. The van der Waals surface area contributed by atoms with Crippen LogP contribution < -0.4 is 10.2 Å². The Morgan fingerprint density at radius 1 is 1.15 bits per heavy atom. The summed E-state index contributed by atoms with van der Waals surface area (Å²) in [4.78, 5) is 21.8. The van der Waals surface area contributed by atoms with Crippen LogP contribution in [0.2, 0.25) is 0 Å². The molecular formula is C21H29N5O. The van der Waals surface area contributed by atoms with E-state index in [0.29, 0.717) is 6.54 Å². The first-order valence-electron chi connectivity index (χ1n) is 10.1. The van der Waals surface area contributed by atoms with Crippen molar-refractivity contribution in [1.29, 1.82) is 0 Å². The van der Waals surface area contributed by atoms with Crippen molar-refractivity contribution in [3.05, 3.63) is 47.9 Å². The molecule has 4 rings (SSSR count). The quantitative estimate of drug-likeness (QED) is 0.900. The van der Waals surface area contributed by atoms with E-state index in [1.54, 1.807) is 0 Å². The number of aromatic nitrogens is 2. The van der Waals surface area contributed by atoms with Crippen LogP contribution >= 0.6 is 0 Å². The molecule has 0 aromatic carbocycles. The number of likely N-dealkylation sites (tertiary alicyclic amines) is 1. The van der Waals surface area contributed by atoms with Gasteiger partial charge in [-0.05, 0) is 50.3 Å². The number of urea groups is 1. The molecule has 0 saturated carbocycles. The predicted molar refractivity (Wildman–Crippen MR) is 107 cm³/mol. The van der Waals surface area contributed by atoms with Crippen molar-refractivity contribution in [2.45, 2.75) is 44.7 Å². The molecule has 2 fully saturated rings. The molecule has 0 radical (unpaired) electrons. The molecule has 6 nitrogen and oxygen atoms in total. The van der Waals surface area contributed by atoms with Gasteiger partial charge >= 0.3 is 6.03 Å². The minimum Gasteiger partial charge on any atom is -0.356 e. The summed E-state index contributed by atoms with van der Waals surface area (Å²) < 4.78 is 2.12. The maximum atomic E-state index is 12.9. The summed E-state index contributed by atoms with van der Waals surface area (Å²) in [5.74, 6) is 1.03. The van der Waals surface area contributed by atoms with Crippen molar-refractivity contribution in [2.24, 2.45) is 7.05 Å². The van der Waals surface area contributed by atoms with E-state index >= 15 is 0 Å². The molecule has 144 valence electrons. The number of pyridine rings is 1. The van der Waals surface area contributed by atoms with E-state index in [2.05, 4.69) is 31.9 Å². The van der Waals surface area contributed by atoms with Crippen LogP contribution in [0.15, 0.2) is 36.7 Å². The Morgan fingerprint density at radius 3 is 2.78 bits per heavy atom. The van der Waals surface area contributed by atoms with Crippen LogP contribution in [-0.4, -0.2) is 40.1 Å². The van der Waals surface area contributed by atoms with Crippen molar-refractivity contribution >= 4 is 11.8 Å². The Bertz CT molecular complexity index is 780. The van der Waals surface area contributed by atoms with E-state index in [9.17, 15) is 4.79 Å². The van der Waals surface area contributed by atoms with Gasteiger partial charge in [0.05, 0.1) is 6.04 Å². The molecule has 6 heteroatoms. The maximum absolute atomic E-state index is 12.9. The molecule has 27 heavy (non-hydrogen) atoms. The van der Waals surface area contributed by atoms with Crippen molar-refractivity contribution in [1.82, 2.24) is 19.8 Å². The highest BCUT2D eigenvalue weighted by Crippen LogP contribution is 2.32. The molecule has 2 amide bonds. The van der Waals surface area contributed by atoms with Crippen LogP contribution in [-0.2, 0) is 13.6 Å². The van der Waals surface area contributed by atoms with Crippen LogP contribution in [0.1, 0.15) is 49.4 Å². The monoisotopic (exact) mass is 367 g/mol. The Morgan fingerprint density at radius 2 is 2.00 bits per heavy atom. The van der Waals surface area contributed by atoms with Crippen molar-refractivity contribution in [2.75, 3.05) is 24.5 Å². The number of rotatable bonds is 4. The Hall–Kier alpha value is -2.50. The average molecular weight is 367 g/mol. The second-order valence-electron chi connectivity index (χ2n) is 7.59. The molecule has 2 aliphatic rings. The Kier molecular flexibility index (Phi) is 5.32. The van der Waals surface area contributed by atoms with E-state index in [0.717, 1.165) is 43.9 Å². The van der Waals surface area contributed by atoms with Gasteiger partial charge in [0.1, 0.15) is 5.82 Å². The molecule has 2 aromatic rings. The fraction of sp³-hybridized carbons (Fsp3) is 0.524. The van der Waals surface area contributed by atoms with E-state index in [1.165, 1.54) is 25.0 Å². The van der Waals surface area contributed by atoms with Gasteiger partial charge in [0.2, 0.25) is 0 Å². The number of carbonyl (C=O) groups is 1. The van der Waals surface area contributed by atoms with Gasteiger partial charge in [-0.15, -0.1) is 0 Å².